The third kappa shape index (κ3) is 3.33. The maximum absolute atomic E-state index is 11.3. The van der Waals surface area contributed by atoms with Crippen LogP contribution in [0.3, 0.4) is 0 Å². The Kier molecular flexibility index (Phi) is 4.37. The molecular weight excluding hydrogens is 288 g/mol. The molecule has 116 valence electrons. The average Bonchev–Trinajstić information content (AvgIpc) is 3.25. The molecule has 1 aliphatic carbocycles. The predicted molar refractivity (Wildman–Crippen MR) is 81.6 cm³/mol. The maximum Gasteiger partial charge on any atom is 0.316 e. The maximum atomic E-state index is 11.3. The summed E-state index contributed by atoms with van der Waals surface area (Å²) >= 11 is 1.42. The minimum atomic E-state index is -0.223. The van der Waals surface area contributed by atoms with Gasteiger partial charge in [-0.15, -0.1) is 10.2 Å². The van der Waals surface area contributed by atoms with Gasteiger partial charge in [0.1, 0.15) is 0 Å². The van der Waals surface area contributed by atoms with Crippen LogP contribution in [0, 0.1) is 5.92 Å². The number of nitrogens with zero attached hydrogens (tertiary/aromatic N) is 4. The topological polar surface area (TPSA) is 60.2 Å². The molecule has 1 aromatic rings. The summed E-state index contributed by atoms with van der Waals surface area (Å²) in [6.07, 6.45) is 4.78. The van der Waals surface area contributed by atoms with E-state index in [0.717, 1.165) is 30.1 Å². The normalized spacial score (nSPS) is 19.8. The minimum absolute atomic E-state index is 0.223. The number of anilines is 1. The van der Waals surface area contributed by atoms with Gasteiger partial charge in [-0.05, 0) is 31.6 Å². The number of methoxy groups -OCH3 is 1. The summed E-state index contributed by atoms with van der Waals surface area (Å²) < 4.78 is 6.92. The Balaban J connectivity index is 1.75. The van der Waals surface area contributed by atoms with Crippen LogP contribution in [-0.2, 0) is 9.53 Å². The zero-order valence-corrected chi connectivity index (χ0v) is 13.4. The molecule has 21 heavy (non-hydrogen) atoms. The monoisotopic (exact) mass is 310 g/mol. The molecule has 6 nitrogen and oxygen atoms in total. The summed E-state index contributed by atoms with van der Waals surface area (Å²) in [7, 11) is 1.41. The largest absolute Gasteiger partial charge is 0.468 e. The van der Waals surface area contributed by atoms with Crippen LogP contribution in [0.2, 0.25) is 0 Å². The van der Waals surface area contributed by atoms with Crippen LogP contribution in [0.5, 0.6) is 0 Å². The van der Waals surface area contributed by atoms with Crippen molar-refractivity contribution in [3.63, 3.8) is 0 Å². The van der Waals surface area contributed by atoms with E-state index in [9.17, 15) is 4.79 Å². The molecule has 0 aromatic carbocycles. The molecule has 3 rings (SSSR count). The van der Waals surface area contributed by atoms with Crippen molar-refractivity contribution in [2.45, 2.75) is 43.8 Å². The lowest BCUT2D eigenvalue weighted by molar-refractivity contribution is -0.137. The van der Waals surface area contributed by atoms with E-state index in [1.54, 1.807) is 0 Å². The van der Waals surface area contributed by atoms with E-state index in [2.05, 4.69) is 26.6 Å². The molecule has 7 heteroatoms. The molecule has 2 heterocycles. The summed E-state index contributed by atoms with van der Waals surface area (Å²) in [4.78, 5) is 13.7. The molecule has 1 aromatic heterocycles. The first-order chi connectivity index (χ1) is 10.2. The van der Waals surface area contributed by atoms with Crippen LogP contribution in [0.25, 0.3) is 0 Å². The highest BCUT2D eigenvalue weighted by Crippen LogP contribution is 2.41. The summed E-state index contributed by atoms with van der Waals surface area (Å²) in [5.74, 6) is 1.85. The standard InChI is InChI=1S/C14H22N4O2S/c1-10-5-7-17(8-6-10)13-15-16-14(18(13)11-3-4-11)21-9-12(19)20-2/h10-11H,3-9H2,1-2H3. The lowest BCUT2D eigenvalue weighted by atomic mass is 10.00. The molecule has 0 amide bonds. The van der Waals surface area contributed by atoms with Gasteiger partial charge in [0.25, 0.3) is 0 Å². The van der Waals surface area contributed by atoms with Crippen LogP contribution in [-0.4, -0.2) is 46.7 Å². The predicted octanol–water partition coefficient (Wildman–Crippen LogP) is 2.11. The lowest BCUT2D eigenvalue weighted by Crippen LogP contribution is -2.34. The van der Waals surface area contributed by atoms with Gasteiger partial charge in [0.2, 0.25) is 5.95 Å². The quantitative estimate of drug-likeness (QED) is 0.613. The minimum Gasteiger partial charge on any atom is -0.468 e. The number of carbonyl (C=O) groups is 1. The van der Waals surface area contributed by atoms with Crippen molar-refractivity contribution >= 4 is 23.7 Å². The van der Waals surface area contributed by atoms with Crippen molar-refractivity contribution < 1.29 is 9.53 Å². The fourth-order valence-electron chi connectivity index (χ4n) is 2.63. The molecule has 1 saturated heterocycles. The van der Waals surface area contributed by atoms with Crippen molar-refractivity contribution in [2.75, 3.05) is 30.9 Å². The Morgan fingerprint density at radius 1 is 1.29 bits per heavy atom. The van der Waals surface area contributed by atoms with E-state index in [0.29, 0.717) is 11.8 Å². The number of aromatic nitrogens is 3. The van der Waals surface area contributed by atoms with Gasteiger partial charge in [0.05, 0.1) is 12.9 Å². The first-order valence-electron chi connectivity index (χ1n) is 7.58. The van der Waals surface area contributed by atoms with Gasteiger partial charge < -0.3 is 9.64 Å². The summed E-state index contributed by atoms with van der Waals surface area (Å²) in [5.41, 5.74) is 0. The van der Waals surface area contributed by atoms with E-state index < -0.39 is 0 Å². The van der Waals surface area contributed by atoms with E-state index in [1.807, 2.05) is 0 Å². The SMILES string of the molecule is COC(=O)CSc1nnc(N2CCC(C)CC2)n1C1CC1. The first-order valence-corrected chi connectivity index (χ1v) is 8.57. The van der Waals surface area contributed by atoms with Crippen LogP contribution >= 0.6 is 11.8 Å². The Morgan fingerprint density at radius 2 is 2.00 bits per heavy atom. The van der Waals surface area contributed by atoms with Gasteiger partial charge in [-0.1, -0.05) is 18.7 Å². The highest BCUT2D eigenvalue weighted by Gasteiger charge is 2.32. The van der Waals surface area contributed by atoms with Crippen molar-refractivity contribution in [2.24, 2.45) is 5.92 Å². The molecule has 0 atom stereocenters. The van der Waals surface area contributed by atoms with Gasteiger partial charge in [0.15, 0.2) is 5.16 Å². The molecule has 2 aliphatic rings. The van der Waals surface area contributed by atoms with Gasteiger partial charge in [0, 0.05) is 19.1 Å². The van der Waals surface area contributed by atoms with Crippen LogP contribution in [0.15, 0.2) is 5.16 Å². The smallest absolute Gasteiger partial charge is 0.316 e. The highest BCUT2D eigenvalue weighted by atomic mass is 32.2. The number of hydrogen-bond donors (Lipinski definition) is 0. The summed E-state index contributed by atoms with van der Waals surface area (Å²) in [6.45, 7) is 4.40. The number of thioether (sulfide) groups is 1. The van der Waals surface area contributed by atoms with Crippen LogP contribution < -0.4 is 4.90 Å². The molecular formula is C14H22N4O2S. The molecule has 0 bridgehead atoms. The van der Waals surface area contributed by atoms with Crippen LogP contribution in [0.4, 0.5) is 5.95 Å². The lowest BCUT2D eigenvalue weighted by Gasteiger charge is -2.31. The molecule has 0 unspecified atom stereocenters. The second-order valence-electron chi connectivity index (χ2n) is 5.92. The number of rotatable bonds is 5. The van der Waals surface area contributed by atoms with Crippen LogP contribution in [0.1, 0.15) is 38.6 Å². The second kappa shape index (κ2) is 6.25. The molecule has 0 radical (unpaired) electrons. The Labute approximate surface area is 129 Å². The van der Waals surface area contributed by atoms with Gasteiger partial charge >= 0.3 is 5.97 Å². The zero-order chi connectivity index (χ0) is 14.8. The Hall–Kier alpha value is -1.24. The third-order valence-corrected chi connectivity index (χ3v) is 5.09. The van der Waals surface area contributed by atoms with E-state index in [-0.39, 0.29) is 5.97 Å². The van der Waals surface area contributed by atoms with Gasteiger partial charge in [-0.2, -0.15) is 0 Å². The molecule has 2 fully saturated rings. The van der Waals surface area contributed by atoms with E-state index >= 15 is 0 Å². The highest BCUT2D eigenvalue weighted by molar-refractivity contribution is 7.99. The number of esters is 1. The first kappa shape index (κ1) is 14.7. The number of hydrogen-bond acceptors (Lipinski definition) is 6. The number of carbonyl (C=O) groups excluding carboxylic acids is 1. The molecule has 1 aliphatic heterocycles. The summed E-state index contributed by atoms with van der Waals surface area (Å²) in [6, 6.07) is 0.509. The number of ether oxygens (including phenoxy) is 1. The number of piperidine rings is 1. The van der Waals surface area contributed by atoms with Crippen molar-refractivity contribution in [1.29, 1.82) is 0 Å². The van der Waals surface area contributed by atoms with Crippen molar-refractivity contribution in [1.82, 2.24) is 14.8 Å². The molecule has 1 saturated carbocycles. The zero-order valence-electron chi connectivity index (χ0n) is 12.6. The second-order valence-corrected chi connectivity index (χ2v) is 6.86. The van der Waals surface area contributed by atoms with E-state index in [1.165, 1.54) is 44.6 Å². The molecule has 0 spiro atoms. The Morgan fingerprint density at radius 3 is 2.62 bits per heavy atom. The van der Waals surface area contributed by atoms with Crippen molar-refractivity contribution in [3.8, 4) is 0 Å². The summed E-state index contributed by atoms with van der Waals surface area (Å²) in [5, 5.41) is 9.54. The Bertz CT molecular complexity index is 507. The van der Waals surface area contributed by atoms with Gasteiger partial charge in [-0.25, -0.2) is 0 Å². The van der Waals surface area contributed by atoms with E-state index in [4.69, 9.17) is 4.74 Å². The fourth-order valence-corrected chi connectivity index (χ4v) is 3.46. The fraction of sp³-hybridized carbons (Fsp3) is 0.786. The van der Waals surface area contributed by atoms with Crippen molar-refractivity contribution in [3.05, 3.63) is 0 Å². The third-order valence-electron chi connectivity index (χ3n) is 4.17. The molecule has 0 N–H and O–H groups in total. The van der Waals surface area contributed by atoms with Gasteiger partial charge in [-0.3, -0.25) is 9.36 Å². The average molecular weight is 310 g/mol.